The van der Waals surface area contributed by atoms with Crippen molar-refractivity contribution >= 4 is 39.3 Å². The highest BCUT2D eigenvalue weighted by atomic mass is 33.1. The monoisotopic (exact) mass is 694 g/mol. The number of rotatable bonds is 31. The maximum Gasteiger partial charge on any atom is 0.245 e. The van der Waals surface area contributed by atoms with Crippen molar-refractivity contribution in [1.82, 2.24) is 20.9 Å². The van der Waals surface area contributed by atoms with Gasteiger partial charge >= 0.3 is 0 Å². The number of hydrogen-bond donors (Lipinski definition) is 3. The zero-order chi connectivity index (χ0) is 33.6. The van der Waals surface area contributed by atoms with Gasteiger partial charge in [0.2, 0.25) is 17.7 Å². The first kappa shape index (κ1) is 42.0. The minimum absolute atomic E-state index is 0.0627. The molecule has 3 N–H and O–H groups in total. The summed E-state index contributed by atoms with van der Waals surface area (Å²) in [6, 6.07) is 5.80. The molecule has 46 heavy (non-hydrogen) atoms. The SMILES string of the molecule is CNC(=O)COCCOCC(COCCOCCSSc1ccccn1)(COCCOCC(=O)NC)COCCOCC(=O)NC. The first-order valence-electron chi connectivity index (χ1n) is 14.9. The summed E-state index contributed by atoms with van der Waals surface area (Å²) in [4.78, 5) is 38.5. The second kappa shape index (κ2) is 29.1. The molecular formula is C29H50N4O11S2. The van der Waals surface area contributed by atoms with Crippen LogP contribution in [0.15, 0.2) is 29.4 Å². The highest BCUT2D eigenvalue weighted by molar-refractivity contribution is 8.76. The molecule has 0 saturated carbocycles. The van der Waals surface area contributed by atoms with Crippen molar-refractivity contribution in [1.29, 1.82) is 0 Å². The van der Waals surface area contributed by atoms with Gasteiger partial charge in [0.1, 0.15) is 24.8 Å². The molecule has 0 saturated heterocycles. The number of nitrogens with one attached hydrogen (secondary N) is 3. The second-order valence-corrected chi connectivity index (χ2v) is 12.0. The van der Waals surface area contributed by atoms with Gasteiger partial charge in [0.05, 0.1) is 91.3 Å². The number of amides is 3. The van der Waals surface area contributed by atoms with Crippen LogP contribution < -0.4 is 16.0 Å². The molecule has 0 aliphatic carbocycles. The van der Waals surface area contributed by atoms with E-state index in [4.69, 9.17) is 37.9 Å². The number of likely N-dealkylation sites (N-methyl/N-ethyl adjacent to an activating group) is 3. The molecule has 1 rings (SSSR count). The van der Waals surface area contributed by atoms with Gasteiger partial charge in [-0.25, -0.2) is 4.98 Å². The molecule has 0 bridgehead atoms. The lowest BCUT2D eigenvalue weighted by Crippen LogP contribution is -2.43. The predicted molar refractivity (Wildman–Crippen MR) is 174 cm³/mol. The van der Waals surface area contributed by atoms with Crippen LogP contribution in [0, 0.1) is 5.41 Å². The van der Waals surface area contributed by atoms with Gasteiger partial charge in [-0.05, 0) is 22.9 Å². The molecular weight excluding hydrogens is 644 g/mol. The minimum Gasteiger partial charge on any atom is -0.378 e. The number of carbonyl (C=O) groups is 3. The molecule has 0 radical (unpaired) electrons. The van der Waals surface area contributed by atoms with Gasteiger partial charge < -0.3 is 53.8 Å². The molecule has 0 unspecified atom stereocenters. The van der Waals surface area contributed by atoms with E-state index in [1.165, 1.54) is 21.1 Å². The summed E-state index contributed by atoms with van der Waals surface area (Å²) in [5.74, 6) is 0.117. The van der Waals surface area contributed by atoms with Crippen molar-refractivity contribution in [3.8, 4) is 0 Å². The summed E-state index contributed by atoms with van der Waals surface area (Å²) in [6.45, 7) is 3.35. The Labute approximate surface area is 279 Å². The Morgan fingerprint density at radius 3 is 1.41 bits per heavy atom. The van der Waals surface area contributed by atoms with Gasteiger partial charge in [0.15, 0.2) is 0 Å². The van der Waals surface area contributed by atoms with Gasteiger partial charge in [-0.3, -0.25) is 14.4 Å². The molecule has 0 aliphatic rings. The molecule has 0 fully saturated rings. The van der Waals surface area contributed by atoms with E-state index < -0.39 is 5.41 Å². The fraction of sp³-hybridized carbons (Fsp3) is 0.724. The summed E-state index contributed by atoms with van der Waals surface area (Å²) in [5, 5.41) is 8.44. The standard InChI is InChI=1S/C29H50N4O11S2/c1-30-25(34)18-38-9-13-42-22-29(23-43-14-10-39-19-26(35)31-2,24-44-15-11-40-20-27(36)32-3)21-41-12-8-37-16-17-45-46-28-6-4-5-7-33-28/h4-7H,8-24H2,1-3H3,(H,30,34)(H,31,35)(H,32,36). The van der Waals surface area contributed by atoms with Crippen molar-refractivity contribution in [3.05, 3.63) is 24.4 Å². The number of hydrogen-bond acceptors (Lipinski definition) is 14. The lowest BCUT2D eigenvalue weighted by Gasteiger charge is -2.33. The lowest BCUT2D eigenvalue weighted by molar-refractivity contribution is -0.131. The summed E-state index contributed by atoms with van der Waals surface area (Å²) in [6.07, 6.45) is 1.77. The third-order valence-corrected chi connectivity index (χ3v) is 7.98. The molecule has 0 aliphatic heterocycles. The van der Waals surface area contributed by atoms with Gasteiger partial charge in [-0.1, -0.05) is 16.9 Å². The first-order chi connectivity index (χ1) is 22.4. The molecule has 1 aromatic rings. The van der Waals surface area contributed by atoms with E-state index in [0.29, 0.717) is 19.8 Å². The van der Waals surface area contributed by atoms with Crippen LogP contribution in [-0.2, 0) is 52.3 Å². The third kappa shape index (κ3) is 23.3. The molecule has 0 atom stereocenters. The average Bonchev–Trinajstić information content (AvgIpc) is 3.08. The van der Waals surface area contributed by atoms with E-state index in [9.17, 15) is 14.4 Å². The maximum atomic E-state index is 11.4. The number of aromatic nitrogens is 1. The van der Waals surface area contributed by atoms with Crippen molar-refractivity contribution in [2.45, 2.75) is 5.03 Å². The van der Waals surface area contributed by atoms with E-state index >= 15 is 0 Å². The molecule has 1 aromatic heterocycles. The van der Waals surface area contributed by atoms with E-state index in [2.05, 4.69) is 20.9 Å². The lowest BCUT2D eigenvalue weighted by atomic mass is 9.92. The Balaban J connectivity index is 2.61. The van der Waals surface area contributed by atoms with Gasteiger partial charge in [0, 0.05) is 33.1 Å². The van der Waals surface area contributed by atoms with Gasteiger partial charge in [-0.2, -0.15) is 0 Å². The zero-order valence-corrected chi connectivity index (χ0v) is 28.7. The summed E-state index contributed by atoms with van der Waals surface area (Å²) in [5.41, 5.74) is -0.725. The quantitative estimate of drug-likeness (QED) is 0.0709. The molecule has 0 aromatic carbocycles. The zero-order valence-electron chi connectivity index (χ0n) is 27.1. The first-order valence-corrected chi connectivity index (χ1v) is 17.2. The fourth-order valence-corrected chi connectivity index (χ4v) is 5.02. The van der Waals surface area contributed by atoms with Crippen molar-refractivity contribution in [3.63, 3.8) is 0 Å². The Morgan fingerprint density at radius 2 is 1.02 bits per heavy atom. The van der Waals surface area contributed by atoms with E-state index in [1.807, 2.05) is 18.2 Å². The van der Waals surface area contributed by atoms with Crippen LogP contribution in [0.25, 0.3) is 0 Å². The normalized spacial score (nSPS) is 11.4. The molecule has 0 spiro atoms. The van der Waals surface area contributed by atoms with Crippen molar-refractivity contribution in [2.24, 2.45) is 5.41 Å². The Hall–Kier alpha value is -2.06. The highest BCUT2D eigenvalue weighted by Crippen LogP contribution is 2.28. The van der Waals surface area contributed by atoms with Gasteiger partial charge in [0.25, 0.3) is 0 Å². The number of carbonyl (C=O) groups excluding carboxylic acids is 3. The van der Waals surface area contributed by atoms with Crippen LogP contribution in [0.4, 0.5) is 0 Å². The van der Waals surface area contributed by atoms with Crippen LogP contribution in [-0.4, -0.2) is 155 Å². The fourth-order valence-electron chi connectivity index (χ4n) is 3.28. The van der Waals surface area contributed by atoms with E-state index in [-0.39, 0.29) is 104 Å². The van der Waals surface area contributed by atoms with Crippen LogP contribution >= 0.6 is 21.6 Å². The summed E-state index contributed by atoms with van der Waals surface area (Å²) in [7, 11) is 7.89. The topological polar surface area (TPSA) is 174 Å². The Kier molecular flexibility index (Phi) is 26.6. The van der Waals surface area contributed by atoms with Crippen LogP contribution in [0.2, 0.25) is 0 Å². The van der Waals surface area contributed by atoms with E-state index in [1.54, 1.807) is 27.8 Å². The van der Waals surface area contributed by atoms with E-state index in [0.717, 1.165) is 10.8 Å². The molecule has 264 valence electrons. The molecule has 3 amide bonds. The summed E-state index contributed by atoms with van der Waals surface area (Å²) < 4.78 is 45.5. The number of ether oxygens (including phenoxy) is 8. The van der Waals surface area contributed by atoms with Crippen LogP contribution in [0.5, 0.6) is 0 Å². The van der Waals surface area contributed by atoms with Crippen LogP contribution in [0.3, 0.4) is 0 Å². The highest BCUT2D eigenvalue weighted by Gasteiger charge is 2.32. The molecule has 17 heteroatoms. The van der Waals surface area contributed by atoms with Crippen molar-refractivity contribution < 1.29 is 52.3 Å². The Morgan fingerprint density at radius 1 is 0.609 bits per heavy atom. The Bertz CT molecular complexity index is 853. The maximum absolute atomic E-state index is 11.4. The number of nitrogens with zero attached hydrogens (tertiary/aromatic N) is 1. The number of pyridine rings is 1. The summed E-state index contributed by atoms with van der Waals surface area (Å²) >= 11 is 0. The average molecular weight is 695 g/mol. The largest absolute Gasteiger partial charge is 0.378 e. The third-order valence-electron chi connectivity index (χ3n) is 5.75. The van der Waals surface area contributed by atoms with Crippen LogP contribution in [0.1, 0.15) is 0 Å². The molecule has 1 heterocycles. The molecule has 15 nitrogen and oxygen atoms in total. The smallest absolute Gasteiger partial charge is 0.245 e. The van der Waals surface area contributed by atoms with Gasteiger partial charge in [-0.15, -0.1) is 0 Å². The predicted octanol–water partition coefficient (Wildman–Crippen LogP) is 0.179. The second-order valence-electron chi connectivity index (χ2n) is 9.57. The minimum atomic E-state index is -0.725. The van der Waals surface area contributed by atoms with Crippen molar-refractivity contribution in [2.75, 3.05) is 133 Å².